The summed E-state index contributed by atoms with van der Waals surface area (Å²) in [5.74, 6) is 0.400. The van der Waals surface area contributed by atoms with Gasteiger partial charge in [0.1, 0.15) is 16.7 Å². The predicted molar refractivity (Wildman–Crippen MR) is 89.7 cm³/mol. The number of hydrogen-bond acceptors (Lipinski definition) is 5. The maximum atomic E-state index is 12.6. The summed E-state index contributed by atoms with van der Waals surface area (Å²) in [6, 6.07) is -0.455. The molecule has 1 unspecified atom stereocenters. The molecule has 6 nitrogen and oxygen atoms in total. The fourth-order valence-corrected chi connectivity index (χ4v) is 4.17. The molecule has 1 aliphatic rings. The molecule has 1 fully saturated rings. The third-order valence-electron chi connectivity index (χ3n) is 4.13. The molecule has 0 bridgehead atoms. The molecule has 0 spiro atoms. The van der Waals surface area contributed by atoms with Gasteiger partial charge in [-0.25, -0.2) is 9.97 Å². The van der Waals surface area contributed by atoms with Crippen molar-refractivity contribution in [3.63, 3.8) is 0 Å². The summed E-state index contributed by atoms with van der Waals surface area (Å²) in [5.41, 5.74) is 1.77. The second kappa shape index (κ2) is 6.23. The minimum atomic E-state index is -0.455. The van der Waals surface area contributed by atoms with Crippen molar-refractivity contribution in [1.29, 1.82) is 0 Å². The van der Waals surface area contributed by atoms with Crippen LogP contribution in [0.1, 0.15) is 46.0 Å². The van der Waals surface area contributed by atoms with Gasteiger partial charge in [0, 0.05) is 17.6 Å². The molecule has 3 heterocycles. The number of fused-ring (bicyclic) bond motifs is 1. The quantitative estimate of drug-likeness (QED) is 0.881. The van der Waals surface area contributed by atoms with Gasteiger partial charge < -0.3 is 10.6 Å². The van der Waals surface area contributed by atoms with Crippen LogP contribution in [0.25, 0.3) is 10.2 Å². The van der Waals surface area contributed by atoms with Crippen LogP contribution in [0, 0.1) is 20.8 Å². The van der Waals surface area contributed by atoms with Gasteiger partial charge in [-0.15, -0.1) is 11.3 Å². The normalized spacial score (nSPS) is 18.6. The molecule has 1 saturated heterocycles. The molecule has 122 valence electrons. The number of aryl methyl sites for hydroxylation is 3. The molecule has 7 heteroatoms. The van der Waals surface area contributed by atoms with Gasteiger partial charge in [0.25, 0.3) is 5.91 Å². The van der Waals surface area contributed by atoms with Gasteiger partial charge in [-0.05, 0) is 45.6 Å². The van der Waals surface area contributed by atoms with Gasteiger partial charge in [0.15, 0.2) is 0 Å². The molecule has 23 heavy (non-hydrogen) atoms. The Labute approximate surface area is 138 Å². The molecule has 3 rings (SSSR count). The number of carbonyl (C=O) groups excluding carboxylic acids is 2. The molecule has 2 aromatic heterocycles. The van der Waals surface area contributed by atoms with E-state index in [1.165, 1.54) is 11.3 Å². The van der Waals surface area contributed by atoms with Crippen LogP contribution < -0.4 is 10.6 Å². The molecule has 0 saturated carbocycles. The lowest BCUT2D eigenvalue weighted by Crippen LogP contribution is -2.45. The number of rotatable bonds is 2. The van der Waals surface area contributed by atoms with E-state index < -0.39 is 6.04 Å². The first-order valence-electron chi connectivity index (χ1n) is 7.80. The van der Waals surface area contributed by atoms with E-state index >= 15 is 0 Å². The maximum Gasteiger partial charge on any atom is 0.262 e. The van der Waals surface area contributed by atoms with Gasteiger partial charge >= 0.3 is 0 Å². The third-order valence-corrected chi connectivity index (χ3v) is 5.31. The van der Waals surface area contributed by atoms with Crippen molar-refractivity contribution in [2.45, 2.75) is 46.1 Å². The zero-order chi connectivity index (χ0) is 16.6. The molecule has 2 amide bonds. The van der Waals surface area contributed by atoms with Gasteiger partial charge in [-0.3, -0.25) is 9.59 Å². The zero-order valence-corrected chi connectivity index (χ0v) is 14.3. The van der Waals surface area contributed by atoms with Crippen molar-refractivity contribution < 1.29 is 9.59 Å². The minimum absolute atomic E-state index is 0.0959. The summed E-state index contributed by atoms with van der Waals surface area (Å²) in [6.07, 6.45) is 2.56. The summed E-state index contributed by atoms with van der Waals surface area (Å²) in [5, 5.41) is 6.65. The lowest BCUT2D eigenvalue weighted by molar-refractivity contribution is -0.122. The van der Waals surface area contributed by atoms with Gasteiger partial charge in [-0.2, -0.15) is 0 Å². The van der Waals surface area contributed by atoms with Crippen LogP contribution in [0.5, 0.6) is 0 Å². The zero-order valence-electron chi connectivity index (χ0n) is 13.5. The highest BCUT2D eigenvalue weighted by Gasteiger charge is 2.25. The van der Waals surface area contributed by atoms with E-state index in [2.05, 4.69) is 20.6 Å². The number of nitrogens with zero attached hydrogens (tertiary/aromatic N) is 2. The van der Waals surface area contributed by atoms with E-state index in [1.807, 2.05) is 20.8 Å². The fraction of sp³-hybridized carbons (Fsp3) is 0.500. The molecule has 2 aromatic rings. The average Bonchev–Trinajstić information content (AvgIpc) is 2.68. The summed E-state index contributed by atoms with van der Waals surface area (Å²) in [7, 11) is 0. The number of thiophene rings is 1. The largest absolute Gasteiger partial charge is 0.354 e. The molecule has 0 radical (unpaired) electrons. The molecule has 0 aromatic carbocycles. The first-order chi connectivity index (χ1) is 11.0. The smallest absolute Gasteiger partial charge is 0.262 e. The Kier molecular flexibility index (Phi) is 4.30. The van der Waals surface area contributed by atoms with E-state index in [9.17, 15) is 9.59 Å². The monoisotopic (exact) mass is 332 g/mol. The van der Waals surface area contributed by atoms with E-state index in [0.29, 0.717) is 23.7 Å². The fourth-order valence-electron chi connectivity index (χ4n) is 2.99. The van der Waals surface area contributed by atoms with E-state index in [-0.39, 0.29) is 11.8 Å². The van der Waals surface area contributed by atoms with Crippen LogP contribution in [-0.4, -0.2) is 34.4 Å². The van der Waals surface area contributed by atoms with Gasteiger partial charge in [0.2, 0.25) is 5.91 Å². The van der Waals surface area contributed by atoms with Crippen molar-refractivity contribution in [2.24, 2.45) is 0 Å². The maximum absolute atomic E-state index is 12.6. The van der Waals surface area contributed by atoms with Crippen molar-refractivity contribution in [3.8, 4) is 0 Å². The molecular formula is C16H20N4O2S. The number of carbonyl (C=O) groups is 2. The Balaban J connectivity index is 1.90. The van der Waals surface area contributed by atoms with Crippen LogP contribution in [0.15, 0.2) is 0 Å². The highest BCUT2D eigenvalue weighted by Crippen LogP contribution is 2.31. The Hall–Kier alpha value is -2.02. The third kappa shape index (κ3) is 3.06. The lowest BCUT2D eigenvalue weighted by atomic mass is 10.1. The van der Waals surface area contributed by atoms with Crippen LogP contribution in [0.2, 0.25) is 0 Å². The highest BCUT2D eigenvalue weighted by molar-refractivity contribution is 7.20. The molecule has 1 aliphatic heterocycles. The Bertz CT molecular complexity index is 784. The van der Waals surface area contributed by atoms with Gasteiger partial charge in [0.05, 0.1) is 4.88 Å². The Morgan fingerprint density at radius 1 is 1.26 bits per heavy atom. The van der Waals surface area contributed by atoms with Crippen molar-refractivity contribution in [1.82, 2.24) is 20.6 Å². The number of nitrogens with one attached hydrogen (secondary N) is 2. The van der Waals surface area contributed by atoms with Crippen LogP contribution >= 0.6 is 11.3 Å². The second-order valence-electron chi connectivity index (χ2n) is 5.91. The minimum Gasteiger partial charge on any atom is -0.354 e. The topological polar surface area (TPSA) is 84.0 Å². The summed E-state index contributed by atoms with van der Waals surface area (Å²) >= 11 is 1.36. The average molecular weight is 332 g/mol. The second-order valence-corrected chi connectivity index (χ2v) is 6.90. The van der Waals surface area contributed by atoms with E-state index in [4.69, 9.17) is 0 Å². The van der Waals surface area contributed by atoms with Crippen molar-refractivity contribution in [2.75, 3.05) is 6.54 Å². The molecule has 1 atom stereocenters. The lowest BCUT2D eigenvalue weighted by Gasteiger charge is -2.14. The Morgan fingerprint density at radius 3 is 2.83 bits per heavy atom. The number of aromatic nitrogens is 2. The SMILES string of the molecule is Cc1nc(C)c2c(C)c(C(=O)NC3CCCCNC3=O)sc2n1. The molecule has 0 aliphatic carbocycles. The number of amides is 2. The van der Waals surface area contributed by atoms with Crippen molar-refractivity contribution in [3.05, 3.63) is 22.0 Å². The summed E-state index contributed by atoms with van der Waals surface area (Å²) in [4.78, 5) is 34.9. The van der Waals surface area contributed by atoms with Crippen molar-refractivity contribution >= 4 is 33.4 Å². The van der Waals surface area contributed by atoms with E-state index in [1.54, 1.807) is 0 Å². The van der Waals surface area contributed by atoms with Gasteiger partial charge in [-0.1, -0.05) is 0 Å². The Morgan fingerprint density at radius 2 is 2.04 bits per heavy atom. The predicted octanol–water partition coefficient (Wildman–Crippen LogP) is 2.02. The van der Waals surface area contributed by atoms with Crippen LogP contribution in [0.3, 0.4) is 0 Å². The first-order valence-corrected chi connectivity index (χ1v) is 8.62. The van der Waals surface area contributed by atoms with E-state index in [0.717, 1.165) is 34.3 Å². The standard InChI is InChI=1S/C16H20N4O2S/c1-8-12-9(2)18-10(3)19-16(12)23-13(8)15(22)20-11-6-4-5-7-17-14(11)21/h11H,4-7H2,1-3H3,(H,17,21)(H,20,22). The highest BCUT2D eigenvalue weighted by atomic mass is 32.1. The molecular weight excluding hydrogens is 312 g/mol. The summed E-state index contributed by atoms with van der Waals surface area (Å²) in [6.45, 7) is 6.36. The molecule has 2 N–H and O–H groups in total. The number of hydrogen-bond donors (Lipinski definition) is 2. The van der Waals surface area contributed by atoms with Crippen LogP contribution in [0.4, 0.5) is 0 Å². The summed E-state index contributed by atoms with van der Waals surface area (Å²) < 4.78 is 0. The first kappa shape index (κ1) is 15.9. The van der Waals surface area contributed by atoms with Crippen LogP contribution in [-0.2, 0) is 4.79 Å².